The molecule has 1 fully saturated rings. The van der Waals surface area contributed by atoms with Gasteiger partial charge >= 0.3 is 5.97 Å². The van der Waals surface area contributed by atoms with Crippen molar-refractivity contribution in [3.05, 3.63) is 12.3 Å². The van der Waals surface area contributed by atoms with Crippen molar-refractivity contribution in [3.63, 3.8) is 0 Å². The molecular weight excluding hydrogens is 402 g/mol. The molecule has 0 aliphatic carbocycles. The highest BCUT2D eigenvalue weighted by Crippen LogP contribution is 2.25. The molecule has 0 aromatic heterocycles. The molecule has 1 unspecified atom stereocenters. The lowest BCUT2D eigenvalue weighted by Gasteiger charge is -2.29. The molecule has 8 heteroatoms. The lowest BCUT2D eigenvalue weighted by molar-refractivity contribution is -0.147. The molecule has 1 rings (SSSR count). The van der Waals surface area contributed by atoms with Crippen LogP contribution in [0.15, 0.2) is 12.3 Å². The number of hydrogen-bond acceptors (Lipinski definition) is 7. The van der Waals surface area contributed by atoms with Gasteiger partial charge in [-0.2, -0.15) is 0 Å². The largest absolute Gasteiger partial charge is 0.458 e. The van der Waals surface area contributed by atoms with Crippen LogP contribution in [0.25, 0.3) is 0 Å². The summed E-state index contributed by atoms with van der Waals surface area (Å²) in [5, 5.41) is 43.6. The quantitative estimate of drug-likeness (QED) is 0.324. The van der Waals surface area contributed by atoms with Crippen molar-refractivity contribution in [1.29, 1.82) is 0 Å². The van der Waals surface area contributed by atoms with Crippen LogP contribution in [0.4, 0.5) is 0 Å². The van der Waals surface area contributed by atoms with Gasteiger partial charge < -0.3 is 30.5 Å². The SMILES string of the molecule is C=C1NC(=O)C[C@H](O)CCC[C@H](O)C[C@@H](O)[C@H](C)[C@H](O)C[C@H](C)CC(CCC)OC1=O. The average molecular weight is 444 g/mol. The lowest BCUT2D eigenvalue weighted by Crippen LogP contribution is -2.34. The molecule has 1 amide bonds. The standard InChI is InChI=1S/C23H41NO7/c1-5-7-19-10-14(2)11-20(27)15(3)21(28)12-17(25)8-6-9-18(26)13-22(29)24-16(4)23(30)31-19/h14-15,17-21,25-28H,4-13H2,1-3H3,(H,24,29)/t14-,15-,17+,18-,19?,20-,21-/m1/s1. The number of ether oxygens (including phenoxy) is 1. The van der Waals surface area contributed by atoms with E-state index in [9.17, 15) is 30.0 Å². The number of nitrogens with one attached hydrogen (secondary N) is 1. The summed E-state index contributed by atoms with van der Waals surface area (Å²) in [5.74, 6) is -1.63. The Morgan fingerprint density at radius 3 is 2.26 bits per heavy atom. The first kappa shape index (κ1) is 27.6. The second-order valence-corrected chi connectivity index (χ2v) is 9.09. The van der Waals surface area contributed by atoms with Crippen LogP contribution < -0.4 is 5.32 Å². The van der Waals surface area contributed by atoms with Crippen molar-refractivity contribution >= 4 is 11.9 Å². The van der Waals surface area contributed by atoms with Crippen LogP contribution in [0.1, 0.15) is 78.6 Å². The van der Waals surface area contributed by atoms with Crippen LogP contribution in [0.3, 0.4) is 0 Å². The number of esters is 1. The van der Waals surface area contributed by atoms with E-state index in [0.29, 0.717) is 38.5 Å². The highest BCUT2D eigenvalue weighted by atomic mass is 16.5. The van der Waals surface area contributed by atoms with Crippen molar-refractivity contribution in [3.8, 4) is 0 Å². The minimum absolute atomic E-state index is 0.0269. The van der Waals surface area contributed by atoms with Gasteiger partial charge in [0, 0.05) is 5.92 Å². The Kier molecular flexibility index (Phi) is 12.3. The fraction of sp³-hybridized carbons (Fsp3) is 0.826. The Balaban J connectivity index is 2.92. The van der Waals surface area contributed by atoms with Crippen molar-refractivity contribution in [2.45, 2.75) is 109 Å². The monoisotopic (exact) mass is 443 g/mol. The summed E-state index contributed by atoms with van der Waals surface area (Å²) in [4.78, 5) is 24.4. The number of aliphatic hydroxyl groups is 4. The molecule has 1 saturated heterocycles. The number of carbonyl (C=O) groups excluding carboxylic acids is 2. The molecule has 0 aromatic rings. The molecule has 180 valence electrons. The maximum Gasteiger partial charge on any atom is 0.354 e. The maximum atomic E-state index is 12.4. The van der Waals surface area contributed by atoms with E-state index in [4.69, 9.17) is 4.74 Å². The number of carbonyl (C=O) groups is 2. The molecule has 0 bridgehead atoms. The fourth-order valence-electron chi connectivity index (χ4n) is 3.98. The molecule has 8 nitrogen and oxygen atoms in total. The predicted molar refractivity (Wildman–Crippen MR) is 117 cm³/mol. The summed E-state index contributed by atoms with van der Waals surface area (Å²) in [6, 6.07) is 0. The van der Waals surface area contributed by atoms with E-state index in [1.807, 2.05) is 13.8 Å². The first-order valence-electron chi connectivity index (χ1n) is 11.4. The van der Waals surface area contributed by atoms with E-state index in [-0.39, 0.29) is 30.6 Å². The van der Waals surface area contributed by atoms with Gasteiger partial charge in [0.15, 0.2) is 0 Å². The van der Waals surface area contributed by atoms with Gasteiger partial charge in [-0.15, -0.1) is 0 Å². The van der Waals surface area contributed by atoms with E-state index < -0.39 is 42.2 Å². The van der Waals surface area contributed by atoms with E-state index in [1.54, 1.807) is 6.92 Å². The summed E-state index contributed by atoms with van der Waals surface area (Å²) in [6.45, 7) is 9.26. The Morgan fingerprint density at radius 2 is 1.61 bits per heavy atom. The Morgan fingerprint density at radius 1 is 1.00 bits per heavy atom. The van der Waals surface area contributed by atoms with Gasteiger partial charge in [-0.3, -0.25) is 4.79 Å². The first-order chi connectivity index (χ1) is 14.5. The topological polar surface area (TPSA) is 136 Å². The van der Waals surface area contributed by atoms with Gasteiger partial charge in [0.25, 0.3) is 0 Å². The molecule has 7 atom stereocenters. The first-order valence-corrected chi connectivity index (χ1v) is 11.4. The minimum Gasteiger partial charge on any atom is -0.458 e. The van der Waals surface area contributed by atoms with Crippen LogP contribution in [-0.4, -0.2) is 62.8 Å². The predicted octanol–water partition coefficient (Wildman–Crippen LogP) is 1.79. The van der Waals surface area contributed by atoms with Crippen LogP contribution in [-0.2, 0) is 14.3 Å². The van der Waals surface area contributed by atoms with E-state index in [1.165, 1.54) is 0 Å². The second kappa shape index (κ2) is 13.8. The van der Waals surface area contributed by atoms with Crippen molar-refractivity contribution in [2.75, 3.05) is 0 Å². The van der Waals surface area contributed by atoms with Crippen molar-refractivity contribution in [1.82, 2.24) is 5.32 Å². The van der Waals surface area contributed by atoms with Gasteiger partial charge in [-0.05, 0) is 50.9 Å². The number of cyclic esters (lactones) is 1. The van der Waals surface area contributed by atoms with Crippen molar-refractivity contribution in [2.24, 2.45) is 11.8 Å². The van der Waals surface area contributed by atoms with Gasteiger partial charge in [0.05, 0.1) is 30.8 Å². The second-order valence-electron chi connectivity index (χ2n) is 9.09. The number of rotatable bonds is 2. The van der Waals surface area contributed by atoms with Crippen LogP contribution in [0.2, 0.25) is 0 Å². The molecule has 31 heavy (non-hydrogen) atoms. The molecule has 0 aromatic carbocycles. The minimum atomic E-state index is -0.919. The average Bonchev–Trinajstić information content (AvgIpc) is 2.66. The van der Waals surface area contributed by atoms with Crippen molar-refractivity contribution < 1.29 is 34.8 Å². The zero-order valence-corrected chi connectivity index (χ0v) is 19.1. The van der Waals surface area contributed by atoms with Crippen LogP contribution in [0, 0.1) is 11.8 Å². The molecule has 5 N–H and O–H groups in total. The molecule has 1 heterocycles. The Bertz CT molecular complexity index is 582. The molecule has 1 aliphatic heterocycles. The zero-order valence-electron chi connectivity index (χ0n) is 19.1. The number of amides is 1. The third kappa shape index (κ3) is 10.6. The highest BCUT2D eigenvalue weighted by Gasteiger charge is 2.28. The summed E-state index contributed by atoms with van der Waals surface area (Å²) in [7, 11) is 0. The maximum absolute atomic E-state index is 12.4. The molecular formula is C23H41NO7. The van der Waals surface area contributed by atoms with Crippen LogP contribution >= 0.6 is 0 Å². The Hall–Kier alpha value is -1.48. The van der Waals surface area contributed by atoms with E-state index in [0.717, 1.165) is 6.42 Å². The molecule has 1 aliphatic rings. The fourth-order valence-corrected chi connectivity index (χ4v) is 3.98. The van der Waals surface area contributed by atoms with Gasteiger partial charge in [-0.1, -0.05) is 33.8 Å². The summed E-state index contributed by atoms with van der Waals surface area (Å²) >= 11 is 0. The number of hydrogen-bond donors (Lipinski definition) is 5. The molecule has 0 spiro atoms. The molecule has 0 radical (unpaired) electrons. The third-order valence-electron chi connectivity index (χ3n) is 5.95. The normalized spacial score (nSPS) is 36.0. The van der Waals surface area contributed by atoms with E-state index >= 15 is 0 Å². The zero-order chi connectivity index (χ0) is 23.6. The molecule has 0 saturated carbocycles. The summed E-state index contributed by atoms with van der Waals surface area (Å²) in [5.41, 5.74) is -0.170. The lowest BCUT2D eigenvalue weighted by atomic mass is 9.86. The van der Waals surface area contributed by atoms with Gasteiger partial charge in [0.2, 0.25) is 5.91 Å². The van der Waals surface area contributed by atoms with Gasteiger partial charge in [0.1, 0.15) is 11.8 Å². The number of aliphatic hydroxyl groups excluding tert-OH is 4. The van der Waals surface area contributed by atoms with E-state index in [2.05, 4.69) is 11.9 Å². The highest BCUT2D eigenvalue weighted by molar-refractivity contribution is 5.93. The smallest absolute Gasteiger partial charge is 0.354 e. The van der Waals surface area contributed by atoms with Crippen LogP contribution in [0.5, 0.6) is 0 Å². The van der Waals surface area contributed by atoms with Gasteiger partial charge in [-0.25, -0.2) is 4.79 Å². The Labute approximate surface area is 185 Å². The summed E-state index contributed by atoms with van der Waals surface area (Å²) < 4.78 is 5.53. The summed E-state index contributed by atoms with van der Waals surface area (Å²) in [6.07, 6.45) is -0.208. The third-order valence-corrected chi connectivity index (χ3v) is 5.95.